The number of carboxylic acids is 1. The average Bonchev–Trinajstić information content (AvgIpc) is 2.43. The molecule has 140 valence electrons. The van der Waals surface area contributed by atoms with Gasteiger partial charge in [0, 0.05) is 6.42 Å². The molecule has 0 aromatic carbocycles. The van der Waals surface area contributed by atoms with Crippen LogP contribution in [0.4, 0.5) is 0 Å². The van der Waals surface area contributed by atoms with E-state index in [1.54, 1.807) is 0 Å². The molecule has 0 aliphatic heterocycles. The molecule has 1 unspecified atom stereocenters. The molecule has 4 heteroatoms. The first kappa shape index (κ1) is 24.6. The fourth-order valence-electron chi connectivity index (χ4n) is 2.73. The summed E-state index contributed by atoms with van der Waals surface area (Å²) in [4.78, 5) is 10.2. The summed E-state index contributed by atoms with van der Waals surface area (Å²) in [6, 6.07) is 0. The van der Waals surface area contributed by atoms with E-state index in [9.17, 15) is 9.90 Å². The maximum absolute atomic E-state index is 10.2. The van der Waals surface area contributed by atoms with Crippen LogP contribution in [0, 0.1) is 5.41 Å². The fraction of sp³-hybridized carbons (Fsp3) is 0.947. The van der Waals surface area contributed by atoms with Gasteiger partial charge in [-0.3, -0.25) is 4.79 Å². The number of likely N-dealkylation sites (N-methyl/N-ethyl adjacent to an activating group) is 1. The summed E-state index contributed by atoms with van der Waals surface area (Å²) in [5.41, 5.74) is 0.392. The first-order valence-electron chi connectivity index (χ1n) is 9.26. The standard InChI is InChI=1S/C10H20O2.C9H22NO/c1-10(2,3)8-6-4-5-7-9(11)12;1-5-10(6-2,7-3)8-9(4)11/h4-8H2,1-3H3,(H,11,12);9,11H,5-8H2,1-4H3/q;+1. The van der Waals surface area contributed by atoms with Crippen LogP contribution in [0.2, 0.25) is 0 Å². The van der Waals surface area contributed by atoms with E-state index in [4.69, 9.17) is 5.11 Å². The topological polar surface area (TPSA) is 57.5 Å². The molecular weight excluding hydrogens is 290 g/mol. The van der Waals surface area contributed by atoms with Crippen molar-refractivity contribution in [2.24, 2.45) is 5.41 Å². The monoisotopic (exact) mass is 332 g/mol. The minimum atomic E-state index is -0.675. The lowest BCUT2D eigenvalue weighted by atomic mass is 9.89. The molecule has 2 N–H and O–H groups in total. The SMILES string of the molecule is CC(C)(C)CCCCCC(=O)O.CC[N+](CC)(CC)CC(C)O. The number of carbonyl (C=O) groups is 1. The molecule has 0 radical (unpaired) electrons. The molecule has 0 amide bonds. The van der Waals surface area contributed by atoms with Gasteiger partial charge in [0.05, 0.1) is 19.6 Å². The van der Waals surface area contributed by atoms with Gasteiger partial charge in [-0.1, -0.05) is 33.6 Å². The summed E-state index contributed by atoms with van der Waals surface area (Å²) < 4.78 is 1.04. The summed E-state index contributed by atoms with van der Waals surface area (Å²) in [5.74, 6) is -0.675. The predicted molar refractivity (Wildman–Crippen MR) is 98.6 cm³/mol. The molecule has 0 rings (SSSR count). The highest BCUT2D eigenvalue weighted by atomic mass is 16.4. The molecule has 0 spiro atoms. The van der Waals surface area contributed by atoms with Gasteiger partial charge in [0.1, 0.15) is 12.6 Å². The van der Waals surface area contributed by atoms with Gasteiger partial charge >= 0.3 is 5.97 Å². The molecule has 0 saturated carbocycles. The third kappa shape index (κ3) is 16.0. The summed E-state index contributed by atoms with van der Waals surface area (Å²) in [5, 5.41) is 17.6. The zero-order chi connectivity index (χ0) is 18.5. The molecule has 0 aliphatic carbocycles. The first-order chi connectivity index (χ1) is 10.5. The van der Waals surface area contributed by atoms with Crippen LogP contribution in [-0.2, 0) is 4.79 Å². The minimum Gasteiger partial charge on any atom is -0.481 e. The summed E-state index contributed by atoms with van der Waals surface area (Å²) in [6.07, 6.45) is 4.36. The van der Waals surface area contributed by atoms with Gasteiger partial charge in [0.15, 0.2) is 0 Å². The number of quaternary nitrogens is 1. The molecule has 0 aliphatic rings. The van der Waals surface area contributed by atoms with Gasteiger partial charge in [0.2, 0.25) is 0 Å². The van der Waals surface area contributed by atoms with Crippen LogP contribution in [0.25, 0.3) is 0 Å². The Kier molecular flexibility index (Phi) is 13.7. The maximum Gasteiger partial charge on any atom is 0.303 e. The number of aliphatic carboxylic acids is 1. The van der Waals surface area contributed by atoms with E-state index in [0.717, 1.165) is 49.9 Å². The van der Waals surface area contributed by atoms with Crippen molar-refractivity contribution in [1.82, 2.24) is 0 Å². The van der Waals surface area contributed by atoms with Gasteiger partial charge in [-0.2, -0.15) is 0 Å². The molecule has 23 heavy (non-hydrogen) atoms. The highest BCUT2D eigenvalue weighted by Gasteiger charge is 2.22. The molecule has 4 nitrogen and oxygen atoms in total. The van der Waals surface area contributed by atoms with Crippen LogP contribution in [0.15, 0.2) is 0 Å². The minimum absolute atomic E-state index is 0.171. The average molecular weight is 333 g/mol. The first-order valence-corrected chi connectivity index (χ1v) is 9.26. The number of carboxylic acid groups (broad SMARTS) is 1. The molecule has 0 fully saturated rings. The highest BCUT2D eigenvalue weighted by Crippen LogP contribution is 2.22. The van der Waals surface area contributed by atoms with Gasteiger partial charge in [-0.25, -0.2) is 0 Å². The number of unbranched alkanes of at least 4 members (excludes halogenated alkanes) is 2. The Balaban J connectivity index is 0. The Morgan fingerprint density at radius 2 is 1.48 bits per heavy atom. The van der Waals surface area contributed by atoms with Gasteiger partial charge < -0.3 is 14.7 Å². The normalized spacial score (nSPS) is 13.2. The van der Waals surface area contributed by atoms with E-state index in [2.05, 4.69) is 41.5 Å². The number of aliphatic hydroxyl groups is 1. The van der Waals surface area contributed by atoms with Crippen LogP contribution in [0.1, 0.15) is 80.6 Å². The van der Waals surface area contributed by atoms with E-state index in [0.29, 0.717) is 11.8 Å². The van der Waals surface area contributed by atoms with E-state index in [-0.39, 0.29) is 6.10 Å². The van der Waals surface area contributed by atoms with Crippen LogP contribution in [0.3, 0.4) is 0 Å². The second-order valence-corrected chi connectivity index (χ2v) is 7.84. The number of hydrogen-bond acceptors (Lipinski definition) is 2. The van der Waals surface area contributed by atoms with Crippen molar-refractivity contribution >= 4 is 5.97 Å². The van der Waals surface area contributed by atoms with Crippen molar-refractivity contribution in [3.8, 4) is 0 Å². The van der Waals surface area contributed by atoms with Crippen molar-refractivity contribution in [2.75, 3.05) is 26.2 Å². The summed E-state index contributed by atoms with van der Waals surface area (Å²) in [7, 11) is 0. The van der Waals surface area contributed by atoms with Crippen molar-refractivity contribution in [1.29, 1.82) is 0 Å². The maximum atomic E-state index is 10.2. The smallest absolute Gasteiger partial charge is 0.303 e. The molecule has 0 heterocycles. The van der Waals surface area contributed by atoms with Gasteiger partial charge in [-0.15, -0.1) is 0 Å². The van der Waals surface area contributed by atoms with E-state index in [1.807, 2.05) is 6.92 Å². The van der Waals surface area contributed by atoms with Crippen molar-refractivity contribution < 1.29 is 19.5 Å². The number of rotatable bonds is 10. The summed E-state index contributed by atoms with van der Waals surface area (Å²) in [6.45, 7) is 19.3. The second kappa shape index (κ2) is 12.8. The Bertz CT molecular complexity index is 283. The van der Waals surface area contributed by atoms with Gasteiger partial charge in [-0.05, 0) is 46.0 Å². The summed E-state index contributed by atoms with van der Waals surface area (Å²) >= 11 is 0. The van der Waals surface area contributed by atoms with Crippen LogP contribution in [0.5, 0.6) is 0 Å². The predicted octanol–water partition coefficient (Wildman–Crippen LogP) is 4.31. The Hall–Kier alpha value is -0.610. The Labute approximate surface area is 144 Å². The lowest BCUT2D eigenvalue weighted by Gasteiger charge is -2.36. The van der Waals surface area contributed by atoms with Crippen molar-refractivity contribution in [3.05, 3.63) is 0 Å². The zero-order valence-electron chi connectivity index (χ0n) is 16.7. The number of hydrogen-bond donors (Lipinski definition) is 2. The van der Waals surface area contributed by atoms with Gasteiger partial charge in [0.25, 0.3) is 0 Å². The number of nitrogens with zero attached hydrogens (tertiary/aromatic N) is 1. The van der Waals surface area contributed by atoms with Crippen LogP contribution < -0.4 is 0 Å². The molecule has 0 aromatic rings. The van der Waals surface area contributed by atoms with Crippen LogP contribution in [-0.4, -0.2) is 52.9 Å². The molecule has 0 bridgehead atoms. The molecule has 0 saturated heterocycles. The quantitative estimate of drug-likeness (QED) is 0.463. The lowest BCUT2D eigenvalue weighted by molar-refractivity contribution is -0.925. The second-order valence-electron chi connectivity index (χ2n) is 7.84. The number of aliphatic hydroxyl groups excluding tert-OH is 1. The Morgan fingerprint density at radius 1 is 1.00 bits per heavy atom. The lowest BCUT2D eigenvalue weighted by Crippen LogP contribution is -2.51. The van der Waals surface area contributed by atoms with Crippen molar-refractivity contribution in [3.63, 3.8) is 0 Å². The molecular formula is C19H42NO3+. The van der Waals surface area contributed by atoms with E-state index < -0.39 is 5.97 Å². The van der Waals surface area contributed by atoms with Crippen molar-refractivity contribution in [2.45, 2.75) is 86.7 Å². The molecule has 0 aromatic heterocycles. The third-order valence-corrected chi connectivity index (χ3v) is 4.48. The van der Waals surface area contributed by atoms with E-state index >= 15 is 0 Å². The molecule has 1 atom stereocenters. The van der Waals surface area contributed by atoms with E-state index in [1.165, 1.54) is 6.42 Å². The third-order valence-electron chi connectivity index (χ3n) is 4.48. The fourth-order valence-corrected chi connectivity index (χ4v) is 2.73. The largest absolute Gasteiger partial charge is 0.481 e. The highest BCUT2D eigenvalue weighted by molar-refractivity contribution is 5.66. The zero-order valence-corrected chi connectivity index (χ0v) is 16.7. The van der Waals surface area contributed by atoms with Crippen LogP contribution >= 0.6 is 0 Å². The Morgan fingerprint density at radius 3 is 1.74 bits per heavy atom.